The van der Waals surface area contributed by atoms with Crippen molar-refractivity contribution in [2.75, 3.05) is 46.3 Å². The molecule has 1 N–H and O–H groups in total. The van der Waals surface area contributed by atoms with Crippen LogP contribution in [0.1, 0.15) is 39.5 Å². The molecule has 2 saturated heterocycles. The second-order valence-corrected chi connectivity index (χ2v) is 6.68. The highest BCUT2D eigenvalue weighted by Gasteiger charge is 2.28. The fraction of sp³-hybridized carbons (Fsp3) is 1.00. The van der Waals surface area contributed by atoms with E-state index in [4.69, 9.17) is 0 Å². The molecule has 0 amide bonds. The summed E-state index contributed by atoms with van der Waals surface area (Å²) in [4.78, 5) is 5.19. The minimum Gasteiger partial charge on any atom is -0.310 e. The van der Waals surface area contributed by atoms with Crippen molar-refractivity contribution < 1.29 is 0 Å². The first kappa shape index (κ1) is 14.3. The number of piperidine rings is 1. The van der Waals surface area contributed by atoms with Crippen LogP contribution in [0, 0.1) is 5.92 Å². The fourth-order valence-electron chi connectivity index (χ4n) is 3.32. The summed E-state index contributed by atoms with van der Waals surface area (Å²) < 4.78 is 0. The lowest BCUT2D eigenvalue weighted by Gasteiger charge is -2.36. The maximum atomic E-state index is 3.73. The number of hydrogen-bond acceptors (Lipinski definition) is 3. The molecule has 1 atom stereocenters. The normalized spacial score (nSPS) is 33.5. The third kappa shape index (κ3) is 3.94. The van der Waals surface area contributed by atoms with Crippen LogP contribution >= 0.6 is 0 Å². The number of rotatable bonds is 3. The van der Waals surface area contributed by atoms with Crippen LogP contribution < -0.4 is 5.32 Å². The lowest BCUT2D eigenvalue weighted by atomic mass is 9.94. The van der Waals surface area contributed by atoms with Gasteiger partial charge in [0.1, 0.15) is 0 Å². The minimum absolute atomic E-state index is 0.335. The van der Waals surface area contributed by atoms with E-state index < -0.39 is 0 Å². The molecular weight excluding hydrogens is 222 g/mol. The second-order valence-electron chi connectivity index (χ2n) is 6.68. The van der Waals surface area contributed by atoms with Gasteiger partial charge in [-0.15, -0.1) is 0 Å². The van der Waals surface area contributed by atoms with Crippen LogP contribution in [-0.2, 0) is 0 Å². The van der Waals surface area contributed by atoms with Gasteiger partial charge in [-0.2, -0.15) is 0 Å². The van der Waals surface area contributed by atoms with E-state index >= 15 is 0 Å². The second kappa shape index (κ2) is 6.36. The van der Waals surface area contributed by atoms with Crippen LogP contribution in [0.25, 0.3) is 0 Å². The molecule has 0 aromatic rings. The molecule has 0 aromatic carbocycles. The van der Waals surface area contributed by atoms with Crippen LogP contribution in [-0.4, -0.2) is 61.7 Å². The fourth-order valence-corrected chi connectivity index (χ4v) is 3.32. The highest BCUT2D eigenvalue weighted by molar-refractivity contribution is 4.89. The van der Waals surface area contributed by atoms with Gasteiger partial charge in [0.15, 0.2) is 0 Å². The zero-order chi connectivity index (χ0) is 13.0. The Morgan fingerprint density at radius 1 is 1.22 bits per heavy atom. The quantitative estimate of drug-likeness (QED) is 0.827. The van der Waals surface area contributed by atoms with Gasteiger partial charge in [-0.3, -0.25) is 0 Å². The maximum absolute atomic E-state index is 3.73. The molecule has 0 spiro atoms. The number of hydrogen-bond donors (Lipinski definition) is 1. The predicted molar refractivity (Wildman–Crippen MR) is 78.0 cm³/mol. The highest BCUT2D eigenvalue weighted by Crippen LogP contribution is 2.21. The van der Waals surface area contributed by atoms with Crippen LogP contribution in [0.2, 0.25) is 0 Å². The van der Waals surface area contributed by atoms with E-state index in [9.17, 15) is 0 Å². The third-order valence-corrected chi connectivity index (χ3v) is 4.91. The summed E-state index contributed by atoms with van der Waals surface area (Å²) in [6, 6.07) is 0. The maximum Gasteiger partial charge on any atom is 0.0277 e. The Balaban J connectivity index is 1.84. The van der Waals surface area contributed by atoms with Gasteiger partial charge >= 0.3 is 0 Å². The highest BCUT2D eigenvalue weighted by atomic mass is 15.2. The number of nitrogens with zero attached hydrogens (tertiary/aromatic N) is 2. The van der Waals surface area contributed by atoms with E-state index in [0.29, 0.717) is 5.54 Å². The van der Waals surface area contributed by atoms with Crippen molar-refractivity contribution in [2.24, 2.45) is 5.92 Å². The Labute approximate surface area is 113 Å². The number of likely N-dealkylation sites (tertiary alicyclic amines) is 1. The van der Waals surface area contributed by atoms with Gasteiger partial charge in [0, 0.05) is 18.6 Å². The smallest absolute Gasteiger partial charge is 0.0277 e. The number of nitrogens with one attached hydrogen (secondary N) is 1. The summed E-state index contributed by atoms with van der Waals surface area (Å²) in [7, 11) is 2.25. The molecule has 2 rings (SSSR count). The Morgan fingerprint density at radius 3 is 2.61 bits per heavy atom. The van der Waals surface area contributed by atoms with Crippen molar-refractivity contribution in [3.63, 3.8) is 0 Å². The van der Waals surface area contributed by atoms with Crippen LogP contribution in [0.15, 0.2) is 0 Å². The van der Waals surface area contributed by atoms with Gasteiger partial charge in [0.25, 0.3) is 0 Å². The van der Waals surface area contributed by atoms with Crippen molar-refractivity contribution in [3.05, 3.63) is 0 Å². The Hall–Kier alpha value is -0.120. The monoisotopic (exact) mass is 253 g/mol. The molecule has 0 aliphatic carbocycles. The van der Waals surface area contributed by atoms with Crippen molar-refractivity contribution >= 4 is 0 Å². The topological polar surface area (TPSA) is 18.5 Å². The van der Waals surface area contributed by atoms with Gasteiger partial charge in [0.2, 0.25) is 0 Å². The van der Waals surface area contributed by atoms with Crippen molar-refractivity contribution in [1.29, 1.82) is 0 Å². The van der Waals surface area contributed by atoms with Crippen LogP contribution in [0.4, 0.5) is 0 Å². The van der Waals surface area contributed by atoms with Gasteiger partial charge in [-0.1, -0.05) is 6.92 Å². The molecule has 2 heterocycles. The van der Waals surface area contributed by atoms with Crippen molar-refractivity contribution in [1.82, 2.24) is 15.1 Å². The van der Waals surface area contributed by atoms with Gasteiger partial charge in [-0.25, -0.2) is 0 Å². The standard InChI is InChI=1S/C15H31N3/c1-4-15(2)13-18(9-5-8-16-15)12-14-6-10-17(3)11-7-14/h14,16H,4-13H2,1-3H3. The van der Waals surface area contributed by atoms with Gasteiger partial charge in [-0.05, 0) is 71.8 Å². The Bertz CT molecular complexity index is 248. The lowest BCUT2D eigenvalue weighted by molar-refractivity contribution is 0.144. The summed E-state index contributed by atoms with van der Waals surface area (Å²) in [5.74, 6) is 0.931. The van der Waals surface area contributed by atoms with Crippen molar-refractivity contribution in [3.8, 4) is 0 Å². The molecule has 2 aliphatic rings. The molecule has 2 fully saturated rings. The summed E-state index contributed by atoms with van der Waals surface area (Å²) in [5, 5.41) is 3.73. The van der Waals surface area contributed by atoms with Crippen molar-refractivity contribution in [2.45, 2.75) is 45.1 Å². The van der Waals surface area contributed by atoms with E-state index in [-0.39, 0.29) is 0 Å². The van der Waals surface area contributed by atoms with Crippen LogP contribution in [0.5, 0.6) is 0 Å². The average molecular weight is 253 g/mol. The molecule has 3 nitrogen and oxygen atoms in total. The first-order chi connectivity index (χ1) is 8.61. The van der Waals surface area contributed by atoms with E-state index in [2.05, 4.69) is 36.0 Å². The zero-order valence-electron chi connectivity index (χ0n) is 12.5. The lowest BCUT2D eigenvalue weighted by Crippen LogP contribution is -2.49. The molecule has 0 aromatic heterocycles. The van der Waals surface area contributed by atoms with E-state index in [1.807, 2.05) is 0 Å². The SMILES string of the molecule is CCC1(C)CN(CC2CCN(C)CC2)CCCN1. The molecule has 18 heavy (non-hydrogen) atoms. The molecule has 1 unspecified atom stereocenters. The first-order valence-corrected chi connectivity index (χ1v) is 7.77. The van der Waals surface area contributed by atoms with Crippen LogP contribution in [0.3, 0.4) is 0 Å². The Kier molecular flexibility index (Phi) is 5.05. The summed E-state index contributed by atoms with van der Waals surface area (Å²) in [6.07, 6.45) is 5.33. The average Bonchev–Trinajstić information content (AvgIpc) is 2.55. The molecule has 2 aliphatic heterocycles. The van der Waals surface area contributed by atoms with E-state index in [0.717, 1.165) is 5.92 Å². The molecule has 106 valence electrons. The third-order valence-electron chi connectivity index (χ3n) is 4.91. The first-order valence-electron chi connectivity index (χ1n) is 7.77. The summed E-state index contributed by atoms with van der Waals surface area (Å²) in [6.45, 7) is 12.3. The predicted octanol–water partition coefficient (Wildman–Crippen LogP) is 1.79. The molecule has 0 bridgehead atoms. The summed E-state index contributed by atoms with van der Waals surface area (Å²) >= 11 is 0. The van der Waals surface area contributed by atoms with E-state index in [1.54, 1.807) is 0 Å². The van der Waals surface area contributed by atoms with Gasteiger partial charge in [0.05, 0.1) is 0 Å². The Morgan fingerprint density at radius 2 is 1.94 bits per heavy atom. The molecular formula is C15H31N3. The largest absolute Gasteiger partial charge is 0.310 e. The summed E-state index contributed by atoms with van der Waals surface area (Å²) in [5.41, 5.74) is 0.335. The minimum atomic E-state index is 0.335. The van der Waals surface area contributed by atoms with Gasteiger partial charge < -0.3 is 15.1 Å². The molecule has 3 heteroatoms. The molecule has 0 radical (unpaired) electrons. The zero-order valence-corrected chi connectivity index (χ0v) is 12.5. The molecule has 0 saturated carbocycles. The van der Waals surface area contributed by atoms with E-state index in [1.165, 1.54) is 65.0 Å².